The van der Waals surface area contributed by atoms with Crippen molar-refractivity contribution < 1.29 is 17.6 Å². The minimum atomic E-state index is -0.321. The molecule has 0 saturated carbocycles. The zero-order chi connectivity index (χ0) is 39.8. The SMILES string of the molecule is Fc1ccc(N(c2ccc(F)cc2)c2ccc(C=Cc3ccc(-c4ccc(C=Cc5ccc(N(c6ccc(F)cc6)c6ccc(F)cc6)cc5)cc4)cc3)cc2)cc1. The quantitative estimate of drug-likeness (QED) is 0.0956. The van der Waals surface area contributed by atoms with Crippen LogP contribution in [0.4, 0.5) is 51.7 Å². The van der Waals surface area contributed by atoms with Crippen LogP contribution in [0.3, 0.4) is 0 Å². The third-order valence-corrected chi connectivity index (χ3v) is 9.73. The Balaban J connectivity index is 0.908. The van der Waals surface area contributed by atoms with Gasteiger partial charge in [-0.1, -0.05) is 97.1 Å². The van der Waals surface area contributed by atoms with Gasteiger partial charge < -0.3 is 9.80 Å². The summed E-state index contributed by atoms with van der Waals surface area (Å²) < 4.78 is 54.8. The normalized spacial score (nSPS) is 11.3. The first-order valence-electron chi connectivity index (χ1n) is 18.7. The van der Waals surface area contributed by atoms with Gasteiger partial charge in [-0.2, -0.15) is 0 Å². The van der Waals surface area contributed by atoms with Gasteiger partial charge in [0.25, 0.3) is 0 Å². The molecule has 0 atom stereocenters. The number of benzene rings is 8. The van der Waals surface area contributed by atoms with Crippen molar-refractivity contribution in [3.63, 3.8) is 0 Å². The van der Waals surface area contributed by atoms with Gasteiger partial charge in [-0.3, -0.25) is 0 Å². The van der Waals surface area contributed by atoms with Crippen LogP contribution in [-0.4, -0.2) is 0 Å². The van der Waals surface area contributed by atoms with Crippen LogP contribution >= 0.6 is 0 Å². The maximum atomic E-state index is 13.7. The molecule has 8 aromatic rings. The fourth-order valence-corrected chi connectivity index (χ4v) is 6.68. The molecule has 0 radical (unpaired) electrons. The van der Waals surface area contributed by atoms with Crippen molar-refractivity contribution in [1.82, 2.24) is 0 Å². The first kappa shape index (κ1) is 37.5. The Morgan fingerprint density at radius 2 is 0.397 bits per heavy atom. The molecule has 0 fully saturated rings. The van der Waals surface area contributed by atoms with Crippen molar-refractivity contribution >= 4 is 58.4 Å². The van der Waals surface area contributed by atoms with Gasteiger partial charge in [0.15, 0.2) is 0 Å². The van der Waals surface area contributed by atoms with Crippen LogP contribution in [0, 0.1) is 23.3 Å². The summed E-state index contributed by atoms with van der Waals surface area (Å²) >= 11 is 0. The Labute approximate surface area is 335 Å². The van der Waals surface area contributed by atoms with Gasteiger partial charge in [-0.25, -0.2) is 17.6 Å². The van der Waals surface area contributed by atoms with E-state index in [0.717, 1.165) is 67.5 Å². The van der Waals surface area contributed by atoms with Gasteiger partial charge in [-0.15, -0.1) is 0 Å². The molecule has 6 heteroatoms. The van der Waals surface area contributed by atoms with Gasteiger partial charge in [0, 0.05) is 34.1 Å². The second-order valence-corrected chi connectivity index (χ2v) is 13.7. The lowest BCUT2D eigenvalue weighted by Gasteiger charge is -2.25. The average Bonchev–Trinajstić information content (AvgIpc) is 3.26. The molecule has 0 saturated heterocycles. The monoisotopic (exact) mass is 764 g/mol. The molecular formula is C52H36F4N2. The zero-order valence-corrected chi connectivity index (χ0v) is 31.2. The molecule has 0 amide bonds. The second kappa shape index (κ2) is 17.1. The fraction of sp³-hybridized carbons (Fsp3) is 0. The van der Waals surface area contributed by atoms with E-state index in [9.17, 15) is 17.6 Å². The smallest absolute Gasteiger partial charge is 0.123 e. The minimum Gasteiger partial charge on any atom is -0.310 e. The lowest BCUT2D eigenvalue weighted by atomic mass is 10.0. The van der Waals surface area contributed by atoms with E-state index in [4.69, 9.17) is 0 Å². The van der Waals surface area contributed by atoms with Crippen LogP contribution < -0.4 is 9.80 Å². The van der Waals surface area contributed by atoms with Crippen molar-refractivity contribution in [3.05, 3.63) is 240 Å². The molecule has 0 aliphatic carbocycles. The number of halogens is 4. The highest BCUT2D eigenvalue weighted by molar-refractivity contribution is 5.80. The molecule has 0 heterocycles. The van der Waals surface area contributed by atoms with Gasteiger partial charge in [-0.05, 0) is 155 Å². The largest absolute Gasteiger partial charge is 0.310 e. The maximum Gasteiger partial charge on any atom is 0.123 e. The molecular weight excluding hydrogens is 729 g/mol. The predicted molar refractivity (Wildman–Crippen MR) is 232 cm³/mol. The van der Waals surface area contributed by atoms with E-state index in [2.05, 4.69) is 72.8 Å². The summed E-state index contributed by atoms with van der Waals surface area (Å²) in [5.41, 5.74) is 11.2. The molecule has 0 aromatic heterocycles. The van der Waals surface area contributed by atoms with E-state index in [1.165, 1.54) is 48.5 Å². The molecule has 58 heavy (non-hydrogen) atoms. The maximum absolute atomic E-state index is 13.7. The lowest BCUT2D eigenvalue weighted by molar-refractivity contribution is 0.627. The molecule has 0 unspecified atom stereocenters. The van der Waals surface area contributed by atoms with Crippen molar-refractivity contribution in [1.29, 1.82) is 0 Å². The average molecular weight is 765 g/mol. The minimum absolute atomic E-state index is 0.321. The fourth-order valence-electron chi connectivity index (χ4n) is 6.68. The summed E-state index contributed by atoms with van der Waals surface area (Å²) in [7, 11) is 0. The standard InChI is InChI=1S/C52H36F4N2/c53-43-17-29-49(30-18-43)57(50-31-19-44(54)20-32-50)47-25-9-39(10-26-47)3-1-37-5-13-41(14-6-37)42-15-7-38(8-16-42)2-4-40-11-27-48(28-12-40)58(51-33-21-45(55)22-34-51)52-35-23-46(56)24-36-52/h1-36H. The Morgan fingerprint density at radius 1 is 0.224 bits per heavy atom. The van der Waals surface area contributed by atoms with E-state index in [1.807, 2.05) is 58.3 Å². The number of hydrogen-bond acceptors (Lipinski definition) is 2. The van der Waals surface area contributed by atoms with Crippen LogP contribution in [0.5, 0.6) is 0 Å². The van der Waals surface area contributed by atoms with Crippen LogP contribution in [0.2, 0.25) is 0 Å². The van der Waals surface area contributed by atoms with Gasteiger partial charge in [0.1, 0.15) is 23.3 Å². The number of rotatable bonds is 11. The Morgan fingerprint density at radius 3 is 0.603 bits per heavy atom. The molecule has 0 aliphatic heterocycles. The van der Waals surface area contributed by atoms with Crippen LogP contribution in [-0.2, 0) is 0 Å². The highest BCUT2D eigenvalue weighted by atomic mass is 19.1. The molecule has 8 rings (SSSR count). The third-order valence-electron chi connectivity index (χ3n) is 9.73. The first-order valence-corrected chi connectivity index (χ1v) is 18.7. The topological polar surface area (TPSA) is 6.48 Å². The summed E-state index contributed by atoms with van der Waals surface area (Å²) in [5.74, 6) is -1.28. The number of hydrogen-bond donors (Lipinski definition) is 0. The summed E-state index contributed by atoms with van der Waals surface area (Å²) in [5, 5.41) is 0. The summed E-state index contributed by atoms with van der Waals surface area (Å²) in [6.45, 7) is 0. The molecule has 8 aromatic carbocycles. The van der Waals surface area contributed by atoms with Gasteiger partial charge in [0.2, 0.25) is 0 Å². The van der Waals surface area contributed by atoms with Gasteiger partial charge in [0.05, 0.1) is 0 Å². The molecule has 0 N–H and O–H groups in total. The van der Waals surface area contributed by atoms with Crippen molar-refractivity contribution in [2.45, 2.75) is 0 Å². The summed E-state index contributed by atoms with van der Waals surface area (Å²) in [6, 6.07) is 57.8. The second-order valence-electron chi connectivity index (χ2n) is 13.7. The zero-order valence-electron chi connectivity index (χ0n) is 31.2. The van der Waals surface area contributed by atoms with Crippen LogP contribution in [0.1, 0.15) is 22.3 Å². The van der Waals surface area contributed by atoms with E-state index in [-0.39, 0.29) is 23.3 Å². The lowest BCUT2D eigenvalue weighted by Crippen LogP contribution is -2.09. The first-order chi connectivity index (χ1) is 28.3. The number of anilines is 6. The van der Waals surface area contributed by atoms with E-state index in [0.29, 0.717) is 0 Å². The van der Waals surface area contributed by atoms with Crippen molar-refractivity contribution in [2.75, 3.05) is 9.80 Å². The molecule has 282 valence electrons. The summed E-state index contributed by atoms with van der Waals surface area (Å²) in [6.07, 6.45) is 8.25. The van der Waals surface area contributed by atoms with Gasteiger partial charge >= 0.3 is 0 Å². The summed E-state index contributed by atoms with van der Waals surface area (Å²) in [4.78, 5) is 3.91. The van der Waals surface area contributed by atoms with E-state index >= 15 is 0 Å². The Hall–Kier alpha value is -7.44. The highest BCUT2D eigenvalue weighted by Crippen LogP contribution is 2.36. The predicted octanol–water partition coefficient (Wildman–Crippen LogP) is 15.2. The molecule has 0 bridgehead atoms. The van der Waals surface area contributed by atoms with Crippen molar-refractivity contribution in [3.8, 4) is 11.1 Å². The Bertz CT molecular complexity index is 2350. The van der Waals surface area contributed by atoms with Crippen molar-refractivity contribution in [2.24, 2.45) is 0 Å². The number of nitrogens with zero attached hydrogens (tertiary/aromatic N) is 2. The third kappa shape index (κ3) is 8.99. The van der Waals surface area contributed by atoms with E-state index in [1.54, 1.807) is 48.5 Å². The van der Waals surface area contributed by atoms with E-state index < -0.39 is 0 Å². The Kier molecular flexibility index (Phi) is 11.1. The van der Waals surface area contributed by atoms with Crippen LogP contribution in [0.15, 0.2) is 194 Å². The molecule has 2 nitrogen and oxygen atoms in total. The molecule has 0 aliphatic rings. The highest BCUT2D eigenvalue weighted by Gasteiger charge is 2.14. The van der Waals surface area contributed by atoms with Crippen LogP contribution in [0.25, 0.3) is 35.4 Å². The molecule has 0 spiro atoms.